The van der Waals surface area contributed by atoms with Gasteiger partial charge in [-0.25, -0.2) is 4.79 Å². The van der Waals surface area contributed by atoms with Gasteiger partial charge in [-0.3, -0.25) is 19.7 Å². The van der Waals surface area contributed by atoms with Crippen LogP contribution in [0.15, 0.2) is 48.5 Å². The van der Waals surface area contributed by atoms with E-state index in [4.69, 9.17) is 0 Å². The molecule has 8 nitrogen and oxygen atoms in total. The van der Waals surface area contributed by atoms with Crippen molar-refractivity contribution < 1.29 is 19.2 Å². The average molecular weight is 449 g/mol. The Morgan fingerprint density at radius 2 is 1.85 bits per heavy atom. The first kappa shape index (κ1) is 22.5. The maximum Gasteiger partial charge on any atom is 0.322 e. The fourth-order valence-electron chi connectivity index (χ4n) is 4.48. The average Bonchev–Trinajstić information content (AvgIpc) is 2.97. The molecule has 2 aliphatic rings. The van der Waals surface area contributed by atoms with Gasteiger partial charge in [0.05, 0.1) is 0 Å². The molecular weight excluding hydrogens is 420 g/mol. The van der Waals surface area contributed by atoms with Crippen molar-refractivity contribution in [3.05, 3.63) is 59.7 Å². The number of rotatable bonds is 4. The Kier molecular flexibility index (Phi) is 6.44. The molecule has 0 spiro atoms. The van der Waals surface area contributed by atoms with Gasteiger partial charge < -0.3 is 15.1 Å². The van der Waals surface area contributed by atoms with Crippen molar-refractivity contribution in [2.24, 2.45) is 0 Å². The van der Waals surface area contributed by atoms with Crippen LogP contribution in [0.2, 0.25) is 0 Å². The van der Waals surface area contributed by atoms with Gasteiger partial charge in [0.2, 0.25) is 17.7 Å². The molecule has 2 fully saturated rings. The molecule has 0 bridgehead atoms. The molecule has 5 amide bonds. The van der Waals surface area contributed by atoms with Gasteiger partial charge in [-0.05, 0) is 35.6 Å². The minimum Gasteiger partial charge on any atom is -0.342 e. The molecule has 2 saturated heterocycles. The predicted octanol–water partition coefficient (Wildman–Crippen LogP) is 1.86. The molecule has 0 aliphatic carbocycles. The van der Waals surface area contributed by atoms with E-state index in [-0.39, 0.29) is 24.7 Å². The highest BCUT2D eigenvalue weighted by atomic mass is 16.2. The number of aryl methyl sites for hydroxylation is 1. The second-order valence-corrected chi connectivity index (χ2v) is 8.64. The molecule has 0 radical (unpaired) electrons. The van der Waals surface area contributed by atoms with Crippen LogP contribution in [-0.4, -0.2) is 65.8 Å². The molecule has 172 valence electrons. The van der Waals surface area contributed by atoms with Gasteiger partial charge in [-0.2, -0.15) is 0 Å². The molecule has 2 N–H and O–H groups in total. The zero-order valence-electron chi connectivity index (χ0n) is 18.8. The highest BCUT2D eigenvalue weighted by molar-refractivity contribution is 5.99. The third kappa shape index (κ3) is 4.89. The Bertz CT molecular complexity index is 1100. The fraction of sp³-hybridized carbons (Fsp3) is 0.360. The van der Waals surface area contributed by atoms with Crippen molar-refractivity contribution in [1.82, 2.24) is 20.4 Å². The van der Waals surface area contributed by atoms with Gasteiger partial charge in [-0.1, -0.05) is 48.5 Å². The van der Waals surface area contributed by atoms with Crippen LogP contribution in [0, 0.1) is 6.92 Å². The number of hydrogen-bond donors (Lipinski definition) is 2. The first-order chi connectivity index (χ1) is 15.8. The number of amides is 5. The second-order valence-electron chi connectivity index (χ2n) is 8.64. The van der Waals surface area contributed by atoms with Crippen molar-refractivity contribution in [2.45, 2.75) is 38.3 Å². The minimum absolute atomic E-state index is 0.0694. The van der Waals surface area contributed by atoms with Gasteiger partial charge in [-0.15, -0.1) is 0 Å². The van der Waals surface area contributed by atoms with E-state index in [0.29, 0.717) is 19.5 Å². The van der Waals surface area contributed by atoms with Crippen LogP contribution in [0.1, 0.15) is 24.0 Å². The van der Waals surface area contributed by atoms with Crippen molar-refractivity contribution in [1.29, 1.82) is 0 Å². The van der Waals surface area contributed by atoms with Gasteiger partial charge >= 0.3 is 6.03 Å². The topological polar surface area (TPSA) is 98.8 Å². The summed E-state index contributed by atoms with van der Waals surface area (Å²) >= 11 is 0. The Morgan fingerprint density at radius 3 is 2.64 bits per heavy atom. The molecule has 8 heteroatoms. The molecule has 2 heterocycles. The number of carbonyl (C=O) groups is 4. The molecule has 0 saturated carbocycles. The Balaban J connectivity index is 1.59. The summed E-state index contributed by atoms with van der Waals surface area (Å²) in [4.78, 5) is 53.2. The van der Waals surface area contributed by atoms with E-state index >= 15 is 0 Å². The summed E-state index contributed by atoms with van der Waals surface area (Å²) in [7, 11) is 1.73. The van der Waals surface area contributed by atoms with Gasteiger partial charge in [0.1, 0.15) is 12.1 Å². The SMILES string of the molecule is Cc1ccccc1-c1cccc(C[C@H]2C(=O)N(C)CCN2C(=O)[C@H]2CCC(=O)NC(=O)N2)c1. The van der Waals surface area contributed by atoms with E-state index < -0.39 is 24.0 Å². The number of nitrogens with zero attached hydrogens (tertiary/aromatic N) is 2. The summed E-state index contributed by atoms with van der Waals surface area (Å²) in [5.74, 6) is -0.881. The normalized spacial score (nSPS) is 21.3. The fourth-order valence-corrected chi connectivity index (χ4v) is 4.48. The smallest absolute Gasteiger partial charge is 0.322 e. The van der Waals surface area contributed by atoms with E-state index in [0.717, 1.165) is 22.3 Å². The lowest BCUT2D eigenvalue weighted by atomic mass is 9.95. The van der Waals surface area contributed by atoms with E-state index in [1.54, 1.807) is 16.8 Å². The van der Waals surface area contributed by atoms with Crippen LogP contribution >= 0.6 is 0 Å². The Morgan fingerprint density at radius 1 is 1.06 bits per heavy atom. The standard InChI is InChI=1S/C25H28N4O4/c1-16-6-3-4-9-19(16)18-8-5-7-17(14-18)15-21-24(32)28(2)12-13-29(21)23(31)20-10-11-22(30)27-25(33)26-20/h3-9,14,20-21H,10-13,15H2,1-2H3,(H2,26,27,30,33)/t20-,21+/m1/s1. The second kappa shape index (κ2) is 9.44. The Labute approximate surface area is 192 Å². The maximum absolute atomic E-state index is 13.3. The van der Waals surface area contributed by atoms with E-state index in [2.05, 4.69) is 35.8 Å². The zero-order valence-corrected chi connectivity index (χ0v) is 18.8. The molecule has 0 unspecified atom stereocenters. The molecular formula is C25H28N4O4. The highest BCUT2D eigenvalue weighted by Gasteiger charge is 2.39. The van der Waals surface area contributed by atoms with E-state index in [9.17, 15) is 19.2 Å². The molecule has 2 aromatic carbocycles. The third-order valence-electron chi connectivity index (χ3n) is 6.33. The zero-order chi connectivity index (χ0) is 23.5. The van der Waals surface area contributed by atoms with Crippen molar-refractivity contribution >= 4 is 23.8 Å². The summed E-state index contributed by atoms with van der Waals surface area (Å²) in [6, 6.07) is 13.9. The minimum atomic E-state index is -0.839. The number of likely N-dealkylation sites (N-methyl/N-ethyl adjacent to an activating group) is 1. The number of nitrogens with one attached hydrogen (secondary N) is 2. The molecule has 4 rings (SSSR count). The number of imide groups is 1. The molecule has 33 heavy (non-hydrogen) atoms. The lowest BCUT2D eigenvalue weighted by Crippen LogP contribution is -2.62. The third-order valence-corrected chi connectivity index (χ3v) is 6.33. The number of carbonyl (C=O) groups excluding carboxylic acids is 4. The quantitative estimate of drug-likeness (QED) is 0.746. The first-order valence-corrected chi connectivity index (χ1v) is 11.1. The summed E-state index contributed by atoms with van der Waals surface area (Å²) < 4.78 is 0. The lowest BCUT2D eigenvalue weighted by Gasteiger charge is -2.40. The maximum atomic E-state index is 13.3. The Hall–Kier alpha value is -3.68. The highest BCUT2D eigenvalue weighted by Crippen LogP contribution is 2.26. The largest absolute Gasteiger partial charge is 0.342 e. The van der Waals surface area contributed by atoms with E-state index in [1.807, 2.05) is 30.3 Å². The summed E-state index contributed by atoms with van der Waals surface area (Å²) in [5, 5.41) is 4.75. The number of piperazine rings is 1. The summed E-state index contributed by atoms with van der Waals surface area (Å²) in [6.45, 7) is 2.85. The lowest BCUT2D eigenvalue weighted by molar-refractivity contribution is -0.151. The van der Waals surface area contributed by atoms with Crippen LogP contribution in [0.25, 0.3) is 11.1 Å². The summed E-state index contributed by atoms with van der Waals surface area (Å²) in [5.41, 5.74) is 4.29. The van der Waals surface area contributed by atoms with Crippen LogP contribution in [-0.2, 0) is 20.8 Å². The van der Waals surface area contributed by atoms with Crippen LogP contribution in [0.3, 0.4) is 0 Å². The van der Waals surface area contributed by atoms with Crippen LogP contribution in [0.4, 0.5) is 4.79 Å². The van der Waals surface area contributed by atoms with Gasteiger partial charge in [0.15, 0.2) is 0 Å². The molecule has 2 atom stereocenters. The predicted molar refractivity (Wildman–Crippen MR) is 123 cm³/mol. The van der Waals surface area contributed by atoms with Crippen LogP contribution in [0.5, 0.6) is 0 Å². The molecule has 2 aliphatic heterocycles. The number of benzene rings is 2. The molecule has 2 aromatic rings. The van der Waals surface area contributed by atoms with Crippen LogP contribution < -0.4 is 10.6 Å². The number of hydrogen-bond acceptors (Lipinski definition) is 4. The number of urea groups is 1. The summed E-state index contributed by atoms with van der Waals surface area (Å²) in [6.07, 6.45) is 0.638. The van der Waals surface area contributed by atoms with Gasteiger partial charge in [0.25, 0.3) is 0 Å². The van der Waals surface area contributed by atoms with Gasteiger partial charge in [0, 0.05) is 33.0 Å². The van der Waals surface area contributed by atoms with E-state index in [1.165, 1.54) is 0 Å². The molecule has 0 aromatic heterocycles. The van der Waals surface area contributed by atoms with Crippen molar-refractivity contribution in [3.63, 3.8) is 0 Å². The first-order valence-electron chi connectivity index (χ1n) is 11.1. The van der Waals surface area contributed by atoms with Crippen molar-refractivity contribution in [2.75, 3.05) is 20.1 Å². The monoisotopic (exact) mass is 448 g/mol. The van der Waals surface area contributed by atoms with Crippen molar-refractivity contribution in [3.8, 4) is 11.1 Å².